The summed E-state index contributed by atoms with van der Waals surface area (Å²) in [5.74, 6) is -2.42. The van der Waals surface area contributed by atoms with Crippen molar-refractivity contribution in [2.24, 2.45) is 5.16 Å². The zero-order chi connectivity index (χ0) is 16.7. The molecule has 0 bridgehead atoms. The number of carbonyl (C=O) groups is 3. The summed E-state index contributed by atoms with van der Waals surface area (Å²) in [6.45, 7) is 4.93. The van der Waals surface area contributed by atoms with Gasteiger partial charge in [-0.2, -0.15) is 0 Å². The second-order valence-electron chi connectivity index (χ2n) is 6.46. The Bertz CT molecular complexity index is 551. The first-order valence-electron chi connectivity index (χ1n) is 6.74. The van der Waals surface area contributed by atoms with Crippen molar-refractivity contribution in [1.82, 2.24) is 4.90 Å². The number of amides is 1. The van der Waals surface area contributed by atoms with Crippen LogP contribution in [-0.4, -0.2) is 62.6 Å². The van der Waals surface area contributed by atoms with Gasteiger partial charge in [0.2, 0.25) is 0 Å². The number of hydrogen-bond donors (Lipinski definition) is 2. The van der Waals surface area contributed by atoms with Gasteiger partial charge in [0, 0.05) is 12.8 Å². The lowest BCUT2D eigenvalue weighted by Crippen LogP contribution is -2.44. The largest absolute Gasteiger partial charge is 0.480 e. The van der Waals surface area contributed by atoms with Crippen LogP contribution in [0.15, 0.2) is 5.16 Å². The summed E-state index contributed by atoms with van der Waals surface area (Å²) in [5, 5.41) is 21.7. The van der Waals surface area contributed by atoms with E-state index in [0.717, 1.165) is 4.90 Å². The Morgan fingerprint density at radius 2 is 2.00 bits per heavy atom. The molecule has 0 unspecified atom stereocenters. The van der Waals surface area contributed by atoms with Crippen LogP contribution in [0.5, 0.6) is 0 Å². The molecule has 9 nitrogen and oxygen atoms in total. The normalized spacial score (nSPS) is 27.5. The number of oxime groups is 1. The van der Waals surface area contributed by atoms with Crippen LogP contribution in [0.2, 0.25) is 0 Å². The molecule has 2 aliphatic rings. The highest BCUT2D eigenvalue weighted by Crippen LogP contribution is 2.38. The summed E-state index contributed by atoms with van der Waals surface area (Å²) in [7, 11) is 0. The molecule has 1 saturated heterocycles. The lowest BCUT2D eigenvalue weighted by atomic mass is 9.94. The van der Waals surface area contributed by atoms with Gasteiger partial charge in [0.1, 0.15) is 11.6 Å². The van der Waals surface area contributed by atoms with E-state index in [4.69, 9.17) is 14.7 Å². The monoisotopic (exact) mass is 314 g/mol. The van der Waals surface area contributed by atoms with Crippen molar-refractivity contribution in [1.29, 1.82) is 0 Å². The molecule has 2 heterocycles. The Hall–Kier alpha value is -2.32. The van der Waals surface area contributed by atoms with Crippen molar-refractivity contribution in [3.8, 4) is 0 Å². The van der Waals surface area contributed by atoms with Crippen LogP contribution in [0.25, 0.3) is 0 Å². The number of likely N-dealkylation sites (tertiary alicyclic amines) is 1. The Morgan fingerprint density at radius 3 is 2.45 bits per heavy atom. The van der Waals surface area contributed by atoms with E-state index in [0.29, 0.717) is 0 Å². The van der Waals surface area contributed by atoms with Crippen molar-refractivity contribution in [3.05, 3.63) is 0 Å². The Kier molecular flexibility index (Phi) is 3.76. The molecule has 0 aromatic heterocycles. The van der Waals surface area contributed by atoms with Gasteiger partial charge in [-0.15, -0.1) is 0 Å². The van der Waals surface area contributed by atoms with Gasteiger partial charge in [-0.3, -0.25) is 4.90 Å². The second kappa shape index (κ2) is 5.15. The molecule has 2 aliphatic heterocycles. The van der Waals surface area contributed by atoms with Crippen LogP contribution < -0.4 is 0 Å². The van der Waals surface area contributed by atoms with E-state index in [1.165, 1.54) is 0 Å². The molecule has 0 radical (unpaired) electrons. The van der Waals surface area contributed by atoms with E-state index in [1.807, 2.05) is 0 Å². The number of carboxylic acid groups (broad SMARTS) is 2. The van der Waals surface area contributed by atoms with Gasteiger partial charge in [-0.1, -0.05) is 5.16 Å². The number of nitrogens with zero attached hydrogens (tertiary/aromatic N) is 2. The quantitative estimate of drug-likeness (QED) is 0.767. The Labute approximate surface area is 126 Å². The number of carboxylic acids is 2. The summed E-state index contributed by atoms with van der Waals surface area (Å²) in [6, 6.07) is -1.14. The van der Waals surface area contributed by atoms with Gasteiger partial charge in [0.25, 0.3) is 0 Å². The molecule has 1 fully saturated rings. The third kappa shape index (κ3) is 3.12. The lowest BCUT2D eigenvalue weighted by molar-refractivity contribution is -0.142. The number of aliphatic carboxylic acids is 2. The second-order valence-corrected chi connectivity index (χ2v) is 6.46. The highest BCUT2D eigenvalue weighted by Gasteiger charge is 2.55. The average molecular weight is 314 g/mol. The topological polar surface area (TPSA) is 126 Å². The fraction of sp³-hybridized carbons (Fsp3) is 0.692. The minimum absolute atomic E-state index is 0.0398. The van der Waals surface area contributed by atoms with Crippen LogP contribution in [0.3, 0.4) is 0 Å². The van der Waals surface area contributed by atoms with Crippen molar-refractivity contribution < 1.29 is 34.2 Å². The maximum absolute atomic E-state index is 12.2. The first-order valence-corrected chi connectivity index (χ1v) is 6.74. The van der Waals surface area contributed by atoms with Gasteiger partial charge >= 0.3 is 18.0 Å². The van der Waals surface area contributed by atoms with Gasteiger partial charge in [0.05, 0.1) is 6.54 Å². The van der Waals surface area contributed by atoms with E-state index in [9.17, 15) is 19.5 Å². The van der Waals surface area contributed by atoms with Gasteiger partial charge < -0.3 is 19.8 Å². The highest BCUT2D eigenvalue weighted by molar-refractivity contribution is 6.36. The summed E-state index contributed by atoms with van der Waals surface area (Å²) >= 11 is 0. The summed E-state index contributed by atoms with van der Waals surface area (Å²) < 4.78 is 5.19. The third-order valence-electron chi connectivity index (χ3n) is 3.40. The number of rotatable bonds is 2. The van der Waals surface area contributed by atoms with Crippen LogP contribution in [0.4, 0.5) is 4.79 Å². The van der Waals surface area contributed by atoms with E-state index < -0.39 is 35.3 Å². The first-order chi connectivity index (χ1) is 10.0. The van der Waals surface area contributed by atoms with Gasteiger partial charge in [-0.25, -0.2) is 14.4 Å². The van der Waals surface area contributed by atoms with Crippen molar-refractivity contribution in [2.45, 2.75) is 50.9 Å². The summed E-state index contributed by atoms with van der Waals surface area (Å²) in [6.07, 6.45) is -0.864. The molecule has 22 heavy (non-hydrogen) atoms. The summed E-state index contributed by atoms with van der Waals surface area (Å²) in [5.41, 5.74) is -2.07. The molecule has 0 aliphatic carbocycles. The lowest BCUT2D eigenvalue weighted by Gasteiger charge is -2.27. The molecule has 2 atom stereocenters. The van der Waals surface area contributed by atoms with Crippen molar-refractivity contribution in [3.63, 3.8) is 0 Å². The zero-order valence-electron chi connectivity index (χ0n) is 12.5. The molecule has 122 valence electrons. The predicted octanol–water partition coefficient (Wildman–Crippen LogP) is 0.680. The number of hydrogen-bond acceptors (Lipinski definition) is 6. The molecule has 2 N–H and O–H groups in total. The molecular weight excluding hydrogens is 296 g/mol. The van der Waals surface area contributed by atoms with Crippen LogP contribution >= 0.6 is 0 Å². The number of ether oxygens (including phenoxy) is 1. The van der Waals surface area contributed by atoms with E-state index in [1.54, 1.807) is 20.8 Å². The molecule has 1 amide bonds. The van der Waals surface area contributed by atoms with Gasteiger partial charge in [0.15, 0.2) is 11.3 Å². The molecule has 0 aromatic rings. The van der Waals surface area contributed by atoms with Gasteiger partial charge in [-0.05, 0) is 20.8 Å². The summed E-state index contributed by atoms with van der Waals surface area (Å²) in [4.78, 5) is 40.7. The smallest absolute Gasteiger partial charge is 0.411 e. The van der Waals surface area contributed by atoms with E-state index >= 15 is 0 Å². The molecule has 2 rings (SSSR count). The van der Waals surface area contributed by atoms with Crippen molar-refractivity contribution in [2.75, 3.05) is 6.54 Å². The Balaban J connectivity index is 2.16. The minimum atomic E-state index is -1.22. The van der Waals surface area contributed by atoms with Crippen LogP contribution in [-0.2, 0) is 19.2 Å². The van der Waals surface area contributed by atoms with Crippen LogP contribution in [0.1, 0.15) is 33.6 Å². The maximum atomic E-state index is 12.2. The predicted molar refractivity (Wildman–Crippen MR) is 72.5 cm³/mol. The number of carbonyl (C=O) groups excluding carboxylic acids is 1. The fourth-order valence-electron chi connectivity index (χ4n) is 2.51. The van der Waals surface area contributed by atoms with Crippen molar-refractivity contribution >= 4 is 23.7 Å². The zero-order valence-corrected chi connectivity index (χ0v) is 12.5. The standard InChI is InChI=1S/C13H18N2O7/c1-12(2,3)21-11(20)15-6-13(5-8(15)10(18)19)4-7(9(16)17)14-22-13/h8H,4-6H2,1-3H3,(H,16,17)(H,18,19)/t8-,13-/m1/s1. The Morgan fingerprint density at radius 1 is 1.36 bits per heavy atom. The maximum Gasteiger partial charge on any atom is 0.411 e. The molecular formula is C13H18N2O7. The minimum Gasteiger partial charge on any atom is -0.480 e. The van der Waals surface area contributed by atoms with E-state index in [-0.39, 0.29) is 25.1 Å². The van der Waals surface area contributed by atoms with Crippen LogP contribution in [0, 0.1) is 0 Å². The molecule has 0 aromatic carbocycles. The molecule has 0 saturated carbocycles. The highest BCUT2D eigenvalue weighted by atomic mass is 16.7. The molecule has 9 heteroatoms. The molecule has 1 spiro atoms. The van der Waals surface area contributed by atoms with E-state index in [2.05, 4.69) is 5.16 Å². The fourth-order valence-corrected chi connectivity index (χ4v) is 2.51. The SMILES string of the molecule is CC(C)(C)OC(=O)N1C[C@@]2(CC(C(=O)O)=NO2)C[C@@H]1C(=O)O. The third-order valence-corrected chi connectivity index (χ3v) is 3.40. The first kappa shape index (κ1) is 16.1. The average Bonchev–Trinajstić information content (AvgIpc) is 2.93.